The molecular weight excluding hydrogens is 166 g/mol. The second-order valence-electron chi connectivity index (χ2n) is 3.71. The lowest BCUT2D eigenvalue weighted by Gasteiger charge is -2.14. The van der Waals surface area contributed by atoms with E-state index in [9.17, 15) is 4.79 Å². The van der Waals surface area contributed by atoms with Gasteiger partial charge in [0.15, 0.2) is 5.76 Å². The molecule has 0 bridgehead atoms. The van der Waals surface area contributed by atoms with Crippen LogP contribution in [0.4, 0.5) is 0 Å². The first kappa shape index (κ1) is 8.60. The van der Waals surface area contributed by atoms with E-state index in [1.165, 1.54) is 12.8 Å². The summed E-state index contributed by atoms with van der Waals surface area (Å²) in [7, 11) is 0. The lowest BCUT2D eigenvalue weighted by molar-refractivity contribution is -0.121. The predicted molar refractivity (Wildman–Crippen MR) is 49.0 cm³/mol. The van der Waals surface area contributed by atoms with Crippen LogP contribution in [0.5, 0.6) is 0 Å². The fourth-order valence-corrected chi connectivity index (χ4v) is 1.36. The lowest BCUT2D eigenvalue weighted by atomic mass is 10.2. The van der Waals surface area contributed by atoms with Crippen molar-refractivity contribution in [2.24, 2.45) is 5.92 Å². The second kappa shape index (κ2) is 3.81. The second-order valence-corrected chi connectivity index (χ2v) is 3.71. The van der Waals surface area contributed by atoms with E-state index in [1.54, 1.807) is 0 Å². The van der Waals surface area contributed by atoms with Gasteiger partial charge in [0.05, 0.1) is 6.61 Å². The SMILES string of the molecule is O=C(NCC1CC1)C1=CCCCO1. The number of allylic oxidation sites excluding steroid dienone is 1. The minimum Gasteiger partial charge on any atom is -0.488 e. The normalized spacial score (nSPS) is 21.7. The van der Waals surface area contributed by atoms with Crippen LogP contribution in [0.2, 0.25) is 0 Å². The Kier molecular flexibility index (Phi) is 2.52. The highest BCUT2D eigenvalue weighted by molar-refractivity contribution is 5.91. The Bertz CT molecular complexity index is 231. The summed E-state index contributed by atoms with van der Waals surface area (Å²) in [5.74, 6) is 1.21. The molecule has 0 unspecified atom stereocenters. The molecule has 3 nitrogen and oxygen atoms in total. The van der Waals surface area contributed by atoms with Crippen LogP contribution in [0.15, 0.2) is 11.8 Å². The molecule has 1 heterocycles. The molecule has 1 fully saturated rings. The van der Waals surface area contributed by atoms with Crippen LogP contribution >= 0.6 is 0 Å². The van der Waals surface area contributed by atoms with Crippen LogP contribution in [0.1, 0.15) is 25.7 Å². The van der Waals surface area contributed by atoms with E-state index in [2.05, 4.69) is 5.32 Å². The molecule has 2 aliphatic rings. The maximum atomic E-state index is 11.4. The molecule has 1 saturated carbocycles. The maximum absolute atomic E-state index is 11.4. The number of amides is 1. The lowest BCUT2D eigenvalue weighted by Crippen LogP contribution is -2.29. The summed E-state index contributed by atoms with van der Waals surface area (Å²) in [6.07, 6.45) is 6.40. The first-order valence-electron chi connectivity index (χ1n) is 4.97. The Labute approximate surface area is 78.1 Å². The number of nitrogens with one attached hydrogen (secondary N) is 1. The van der Waals surface area contributed by atoms with Crippen LogP contribution in [0.3, 0.4) is 0 Å². The first-order valence-corrected chi connectivity index (χ1v) is 4.97. The van der Waals surface area contributed by atoms with Crippen molar-refractivity contribution in [2.75, 3.05) is 13.2 Å². The van der Waals surface area contributed by atoms with Crippen molar-refractivity contribution in [3.8, 4) is 0 Å². The number of ether oxygens (including phenoxy) is 1. The Morgan fingerprint density at radius 1 is 1.62 bits per heavy atom. The molecule has 1 aliphatic carbocycles. The van der Waals surface area contributed by atoms with E-state index < -0.39 is 0 Å². The van der Waals surface area contributed by atoms with Gasteiger partial charge in [0, 0.05) is 6.54 Å². The van der Waals surface area contributed by atoms with E-state index >= 15 is 0 Å². The van der Waals surface area contributed by atoms with Crippen LogP contribution in [0, 0.1) is 5.92 Å². The summed E-state index contributed by atoms with van der Waals surface area (Å²) in [5.41, 5.74) is 0. The fourth-order valence-electron chi connectivity index (χ4n) is 1.36. The molecule has 2 rings (SSSR count). The summed E-state index contributed by atoms with van der Waals surface area (Å²) in [6, 6.07) is 0. The van der Waals surface area contributed by atoms with Gasteiger partial charge in [-0.1, -0.05) is 0 Å². The molecule has 1 N–H and O–H groups in total. The third-order valence-corrected chi connectivity index (χ3v) is 2.41. The fraction of sp³-hybridized carbons (Fsp3) is 0.700. The number of hydrogen-bond donors (Lipinski definition) is 1. The third-order valence-electron chi connectivity index (χ3n) is 2.41. The molecule has 0 atom stereocenters. The van der Waals surface area contributed by atoms with Crippen molar-refractivity contribution >= 4 is 5.91 Å². The zero-order valence-electron chi connectivity index (χ0n) is 7.71. The topological polar surface area (TPSA) is 38.3 Å². The average Bonchev–Trinajstić information content (AvgIpc) is 2.99. The van der Waals surface area contributed by atoms with Gasteiger partial charge in [-0.05, 0) is 37.7 Å². The summed E-state index contributed by atoms with van der Waals surface area (Å²) in [6.45, 7) is 1.50. The monoisotopic (exact) mass is 181 g/mol. The van der Waals surface area contributed by atoms with E-state index in [1.807, 2.05) is 6.08 Å². The van der Waals surface area contributed by atoms with Crippen molar-refractivity contribution in [2.45, 2.75) is 25.7 Å². The highest BCUT2D eigenvalue weighted by Gasteiger charge is 2.23. The molecule has 0 spiro atoms. The summed E-state index contributed by atoms with van der Waals surface area (Å²) in [5, 5.41) is 2.88. The Morgan fingerprint density at radius 3 is 3.08 bits per heavy atom. The standard InChI is InChI=1S/C10H15NO2/c12-10(11-7-8-4-5-8)9-3-1-2-6-13-9/h3,8H,1-2,4-7H2,(H,11,12). The van der Waals surface area contributed by atoms with Gasteiger partial charge in [-0.25, -0.2) is 0 Å². The summed E-state index contributed by atoms with van der Waals surface area (Å²) in [4.78, 5) is 11.4. The van der Waals surface area contributed by atoms with Crippen molar-refractivity contribution in [1.29, 1.82) is 0 Å². The molecule has 1 amide bonds. The zero-order chi connectivity index (χ0) is 9.10. The van der Waals surface area contributed by atoms with Crippen molar-refractivity contribution in [3.63, 3.8) is 0 Å². The van der Waals surface area contributed by atoms with Gasteiger partial charge in [0.2, 0.25) is 0 Å². The van der Waals surface area contributed by atoms with E-state index in [0.29, 0.717) is 12.4 Å². The molecule has 0 radical (unpaired) electrons. The highest BCUT2D eigenvalue weighted by Crippen LogP contribution is 2.27. The number of hydrogen-bond acceptors (Lipinski definition) is 2. The first-order chi connectivity index (χ1) is 6.36. The highest BCUT2D eigenvalue weighted by atomic mass is 16.5. The zero-order valence-corrected chi connectivity index (χ0v) is 7.71. The van der Waals surface area contributed by atoms with Gasteiger partial charge in [-0.15, -0.1) is 0 Å². The summed E-state index contributed by atoms with van der Waals surface area (Å²) >= 11 is 0. The van der Waals surface area contributed by atoms with Crippen molar-refractivity contribution in [3.05, 3.63) is 11.8 Å². The van der Waals surface area contributed by atoms with Gasteiger partial charge < -0.3 is 10.1 Å². The minimum absolute atomic E-state index is 0.0356. The van der Waals surface area contributed by atoms with E-state index in [0.717, 1.165) is 25.3 Å². The van der Waals surface area contributed by atoms with E-state index in [-0.39, 0.29) is 5.91 Å². The number of carbonyl (C=O) groups is 1. The smallest absolute Gasteiger partial charge is 0.286 e. The molecule has 1 aliphatic heterocycles. The molecule has 3 heteroatoms. The van der Waals surface area contributed by atoms with Crippen LogP contribution < -0.4 is 5.32 Å². The van der Waals surface area contributed by atoms with Gasteiger partial charge in [-0.3, -0.25) is 4.79 Å². The van der Waals surface area contributed by atoms with Gasteiger partial charge in [0.1, 0.15) is 0 Å². The van der Waals surface area contributed by atoms with Crippen molar-refractivity contribution in [1.82, 2.24) is 5.32 Å². The van der Waals surface area contributed by atoms with Crippen LogP contribution in [-0.4, -0.2) is 19.1 Å². The van der Waals surface area contributed by atoms with Gasteiger partial charge in [-0.2, -0.15) is 0 Å². The van der Waals surface area contributed by atoms with Crippen LogP contribution in [0.25, 0.3) is 0 Å². The Hall–Kier alpha value is -0.990. The number of rotatable bonds is 3. The largest absolute Gasteiger partial charge is 0.488 e. The van der Waals surface area contributed by atoms with Crippen LogP contribution in [-0.2, 0) is 9.53 Å². The average molecular weight is 181 g/mol. The summed E-state index contributed by atoms with van der Waals surface area (Å²) < 4.78 is 5.24. The Balaban J connectivity index is 1.77. The van der Waals surface area contributed by atoms with Gasteiger partial charge >= 0.3 is 0 Å². The molecule has 13 heavy (non-hydrogen) atoms. The van der Waals surface area contributed by atoms with E-state index in [4.69, 9.17) is 4.74 Å². The molecule has 72 valence electrons. The minimum atomic E-state index is -0.0356. The molecule has 0 saturated heterocycles. The molecular formula is C10H15NO2. The third kappa shape index (κ3) is 2.47. The van der Waals surface area contributed by atoms with Crippen molar-refractivity contribution < 1.29 is 9.53 Å². The maximum Gasteiger partial charge on any atom is 0.286 e. The molecule has 0 aromatic carbocycles. The Morgan fingerprint density at radius 2 is 2.46 bits per heavy atom. The number of carbonyl (C=O) groups excluding carboxylic acids is 1. The van der Waals surface area contributed by atoms with Gasteiger partial charge in [0.25, 0.3) is 5.91 Å². The molecule has 0 aromatic rings. The quantitative estimate of drug-likeness (QED) is 0.710. The molecule has 0 aromatic heterocycles. The predicted octanol–water partition coefficient (Wildman–Crippen LogP) is 1.21.